The number of carbonyl (C=O) groups excluding carboxylic acids is 1. The number of aliphatic hydroxyl groups is 1. The van der Waals surface area contributed by atoms with Crippen LogP contribution < -0.4 is 0 Å². The number of ether oxygens (including phenoxy) is 2. The minimum atomic E-state index is -0.764. The van der Waals surface area contributed by atoms with Gasteiger partial charge >= 0.3 is 5.97 Å². The Morgan fingerprint density at radius 3 is 1.89 bits per heavy atom. The van der Waals surface area contributed by atoms with E-state index in [0.717, 1.165) is 32.1 Å². The summed E-state index contributed by atoms with van der Waals surface area (Å²) in [6, 6.07) is 16.6. The highest BCUT2D eigenvalue weighted by molar-refractivity contribution is 5.69. The first-order chi connectivity index (χ1) is 13.7. The Kier molecular flexibility index (Phi) is 6.08. The molecule has 4 rings (SSSR count). The molecule has 28 heavy (non-hydrogen) atoms. The largest absolute Gasteiger partial charge is 0.462 e. The summed E-state index contributed by atoms with van der Waals surface area (Å²) in [7, 11) is 0. The van der Waals surface area contributed by atoms with Gasteiger partial charge in [0.2, 0.25) is 0 Å². The van der Waals surface area contributed by atoms with Gasteiger partial charge in [-0.25, -0.2) is 0 Å². The molecule has 4 nitrogen and oxygen atoms in total. The van der Waals surface area contributed by atoms with Crippen molar-refractivity contribution >= 4 is 5.97 Å². The van der Waals surface area contributed by atoms with Crippen LogP contribution in [0.1, 0.15) is 47.9 Å². The molecule has 0 saturated heterocycles. The molecule has 1 unspecified atom stereocenters. The maximum absolute atomic E-state index is 12.1. The zero-order chi connectivity index (χ0) is 19.3. The fraction of sp³-hybridized carbons (Fsp3) is 0.458. The van der Waals surface area contributed by atoms with Gasteiger partial charge in [-0.1, -0.05) is 48.5 Å². The number of hydrogen-bond acceptors (Lipinski definition) is 4. The molecule has 0 spiro atoms. The van der Waals surface area contributed by atoms with Crippen LogP contribution in [0.5, 0.6) is 0 Å². The predicted octanol–water partition coefficient (Wildman–Crippen LogP) is 3.76. The average molecular weight is 380 g/mol. The van der Waals surface area contributed by atoms with Crippen molar-refractivity contribution in [2.24, 2.45) is 0 Å². The summed E-state index contributed by atoms with van der Waals surface area (Å²) < 4.78 is 11.4. The van der Waals surface area contributed by atoms with Gasteiger partial charge in [-0.05, 0) is 54.4 Å². The second-order valence-corrected chi connectivity index (χ2v) is 7.92. The van der Waals surface area contributed by atoms with Gasteiger partial charge in [0, 0.05) is 19.3 Å². The number of esters is 1. The third-order valence-electron chi connectivity index (χ3n) is 5.76. The highest BCUT2D eigenvalue weighted by atomic mass is 16.6. The van der Waals surface area contributed by atoms with Crippen molar-refractivity contribution in [3.05, 3.63) is 70.8 Å². The molecular formula is C24H28O4. The number of benzene rings is 2. The van der Waals surface area contributed by atoms with Crippen molar-refractivity contribution < 1.29 is 19.4 Å². The molecule has 2 aliphatic carbocycles. The van der Waals surface area contributed by atoms with Crippen LogP contribution >= 0.6 is 0 Å². The van der Waals surface area contributed by atoms with E-state index in [4.69, 9.17) is 9.47 Å². The summed E-state index contributed by atoms with van der Waals surface area (Å²) >= 11 is 0. The monoisotopic (exact) mass is 380 g/mol. The molecule has 2 aromatic rings. The van der Waals surface area contributed by atoms with E-state index in [-0.39, 0.29) is 18.2 Å². The zero-order valence-corrected chi connectivity index (χ0v) is 16.2. The molecule has 0 bridgehead atoms. The van der Waals surface area contributed by atoms with Crippen molar-refractivity contribution in [2.75, 3.05) is 0 Å². The van der Waals surface area contributed by atoms with E-state index >= 15 is 0 Å². The van der Waals surface area contributed by atoms with Crippen molar-refractivity contribution in [2.45, 2.75) is 69.9 Å². The van der Waals surface area contributed by atoms with Crippen LogP contribution in [0.4, 0.5) is 0 Å². The Hall–Kier alpha value is -2.17. The number of carbonyl (C=O) groups is 1. The fourth-order valence-electron chi connectivity index (χ4n) is 4.34. The van der Waals surface area contributed by atoms with Gasteiger partial charge in [0.15, 0.2) is 6.29 Å². The summed E-state index contributed by atoms with van der Waals surface area (Å²) in [4.78, 5) is 12.1. The van der Waals surface area contributed by atoms with E-state index in [0.29, 0.717) is 19.3 Å². The molecule has 0 aliphatic heterocycles. The Bertz CT molecular complexity index is 766. The van der Waals surface area contributed by atoms with E-state index in [1.54, 1.807) is 0 Å². The van der Waals surface area contributed by atoms with Gasteiger partial charge in [-0.15, -0.1) is 0 Å². The smallest absolute Gasteiger partial charge is 0.306 e. The normalized spacial score (nSPS) is 17.3. The van der Waals surface area contributed by atoms with Crippen molar-refractivity contribution in [3.8, 4) is 0 Å². The Balaban J connectivity index is 1.10. The molecule has 0 fully saturated rings. The van der Waals surface area contributed by atoms with Gasteiger partial charge in [0.1, 0.15) is 6.10 Å². The average Bonchev–Trinajstić information content (AvgIpc) is 3.27. The lowest BCUT2D eigenvalue weighted by atomic mass is 10.1. The lowest BCUT2D eigenvalue weighted by molar-refractivity contribution is -0.149. The second kappa shape index (κ2) is 8.89. The number of aliphatic hydroxyl groups excluding tert-OH is 1. The van der Waals surface area contributed by atoms with Crippen LogP contribution in [0.25, 0.3) is 0 Å². The Morgan fingerprint density at radius 2 is 1.36 bits per heavy atom. The van der Waals surface area contributed by atoms with Crippen LogP contribution in [0, 0.1) is 0 Å². The fourth-order valence-corrected chi connectivity index (χ4v) is 4.34. The van der Waals surface area contributed by atoms with Gasteiger partial charge in [0.05, 0.1) is 6.10 Å². The lowest BCUT2D eigenvalue weighted by Gasteiger charge is -2.17. The van der Waals surface area contributed by atoms with Crippen LogP contribution in [0.15, 0.2) is 48.5 Å². The van der Waals surface area contributed by atoms with E-state index in [9.17, 15) is 9.90 Å². The van der Waals surface area contributed by atoms with Gasteiger partial charge in [-0.2, -0.15) is 0 Å². The highest BCUT2D eigenvalue weighted by Crippen LogP contribution is 2.26. The number of rotatable bonds is 8. The van der Waals surface area contributed by atoms with Crippen molar-refractivity contribution in [1.82, 2.24) is 0 Å². The molecule has 2 aromatic carbocycles. The molecule has 148 valence electrons. The Morgan fingerprint density at radius 1 is 0.857 bits per heavy atom. The van der Waals surface area contributed by atoms with Gasteiger partial charge < -0.3 is 14.6 Å². The first kappa shape index (κ1) is 19.2. The summed E-state index contributed by atoms with van der Waals surface area (Å²) in [5, 5.41) is 10.1. The molecule has 1 atom stereocenters. The topological polar surface area (TPSA) is 55.8 Å². The molecule has 0 aromatic heterocycles. The molecule has 0 radical (unpaired) electrons. The van der Waals surface area contributed by atoms with E-state index < -0.39 is 6.29 Å². The highest BCUT2D eigenvalue weighted by Gasteiger charge is 2.25. The van der Waals surface area contributed by atoms with Crippen molar-refractivity contribution in [3.63, 3.8) is 0 Å². The van der Waals surface area contributed by atoms with Gasteiger partial charge in [-0.3, -0.25) is 4.79 Å². The van der Waals surface area contributed by atoms with Crippen LogP contribution in [-0.4, -0.2) is 29.6 Å². The quantitative estimate of drug-likeness (QED) is 0.430. The van der Waals surface area contributed by atoms with E-state index in [1.165, 1.54) is 22.3 Å². The van der Waals surface area contributed by atoms with Crippen LogP contribution in [-0.2, 0) is 40.0 Å². The van der Waals surface area contributed by atoms with Gasteiger partial charge in [0.25, 0.3) is 0 Å². The maximum atomic E-state index is 12.1. The van der Waals surface area contributed by atoms with Crippen LogP contribution in [0.2, 0.25) is 0 Å². The molecular weight excluding hydrogens is 352 g/mol. The van der Waals surface area contributed by atoms with E-state index in [1.807, 2.05) is 24.3 Å². The first-order valence-corrected chi connectivity index (χ1v) is 10.3. The Labute approximate surface area is 166 Å². The molecule has 4 heteroatoms. The molecule has 0 saturated carbocycles. The zero-order valence-electron chi connectivity index (χ0n) is 16.2. The first-order valence-electron chi connectivity index (χ1n) is 10.3. The number of hydrogen-bond donors (Lipinski definition) is 1. The molecule has 0 amide bonds. The third-order valence-corrected chi connectivity index (χ3v) is 5.76. The molecule has 1 N–H and O–H groups in total. The summed E-state index contributed by atoms with van der Waals surface area (Å²) in [5.41, 5.74) is 5.21. The summed E-state index contributed by atoms with van der Waals surface area (Å²) in [6.45, 7) is 0. The molecule has 0 heterocycles. The lowest BCUT2D eigenvalue weighted by Crippen LogP contribution is -2.22. The van der Waals surface area contributed by atoms with Crippen LogP contribution in [0.3, 0.4) is 0 Å². The van der Waals surface area contributed by atoms with E-state index in [2.05, 4.69) is 24.3 Å². The second-order valence-electron chi connectivity index (χ2n) is 7.92. The SMILES string of the molecule is O=C(CCCCC(O)OC1Cc2ccccc2C1)OC1Cc2ccccc2C1. The number of unbranched alkanes of at least 4 members (excludes halogenated alkanes) is 1. The maximum Gasteiger partial charge on any atom is 0.306 e. The molecule has 2 aliphatic rings. The third kappa shape index (κ3) is 4.81. The van der Waals surface area contributed by atoms with Crippen molar-refractivity contribution in [1.29, 1.82) is 0 Å². The summed E-state index contributed by atoms with van der Waals surface area (Å²) in [6.07, 6.45) is 5.04. The summed E-state index contributed by atoms with van der Waals surface area (Å²) in [5.74, 6) is -0.139. The standard InChI is InChI=1S/C24H28O4/c25-23(27-21-13-17-7-1-2-8-18(17)14-21)11-5-6-12-24(26)28-22-15-19-9-3-4-10-20(19)16-22/h1-4,7-10,21-23,25H,5-6,11-16H2. The number of fused-ring (bicyclic) bond motifs is 2. The minimum Gasteiger partial charge on any atom is -0.462 e. The minimum absolute atomic E-state index is 0.0252. The predicted molar refractivity (Wildman–Crippen MR) is 107 cm³/mol.